The number of rotatable bonds is 6. The minimum absolute atomic E-state index is 0.0481. The van der Waals surface area contributed by atoms with E-state index >= 15 is 0 Å². The number of aromatic nitrogens is 3. The third-order valence-corrected chi connectivity index (χ3v) is 4.84. The Labute approximate surface area is 159 Å². The number of pyridine rings is 1. The first-order chi connectivity index (χ1) is 13.0. The lowest BCUT2D eigenvalue weighted by Gasteiger charge is -2.31. The summed E-state index contributed by atoms with van der Waals surface area (Å²) < 4.78 is 0. The number of nitrogens with zero attached hydrogens (tertiary/aromatic N) is 3. The summed E-state index contributed by atoms with van der Waals surface area (Å²) >= 11 is 0. The monoisotopic (exact) mass is 369 g/mol. The Morgan fingerprint density at radius 1 is 1.33 bits per heavy atom. The fraction of sp³-hybridized carbons (Fsp3) is 0.500. The van der Waals surface area contributed by atoms with Gasteiger partial charge in [0.25, 0.3) is 5.91 Å². The second-order valence-electron chi connectivity index (χ2n) is 7.45. The predicted molar refractivity (Wildman–Crippen MR) is 103 cm³/mol. The topological polar surface area (TPSA) is 91.0 Å². The van der Waals surface area contributed by atoms with E-state index in [9.17, 15) is 9.59 Å². The van der Waals surface area contributed by atoms with Gasteiger partial charge in [-0.1, -0.05) is 19.9 Å². The molecule has 7 heteroatoms. The van der Waals surface area contributed by atoms with Crippen molar-refractivity contribution in [1.82, 2.24) is 25.4 Å². The molecule has 2 aromatic rings. The predicted octanol–water partition coefficient (Wildman–Crippen LogP) is 2.49. The first-order valence-electron chi connectivity index (χ1n) is 9.58. The molecule has 0 spiro atoms. The lowest BCUT2D eigenvalue weighted by molar-refractivity contribution is -0.126. The number of carbonyl (C=O) groups is 2. The van der Waals surface area contributed by atoms with E-state index in [4.69, 9.17) is 0 Å². The summed E-state index contributed by atoms with van der Waals surface area (Å²) in [7, 11) is 0. The maximum absolute atomic E-state index is 12.8. The van der Waals surface area contributed by atoms with Crippen LogP contribution in [-0.2, 0) is 4.79 Å². The van der Waals surface area contributed by atoms with Crippen LogP contribution in [0.25, 0.3) is 11.4 Å². The maximum Gasteiger partial charge on any atom is 0.271 e. The Kier molecular flexibility index (Phi) is 6.21. The molecule has 1 saturated heterocycles. The molecular formula is C20H27N5O2. The fourth-order valence-electron chi connectivity index (χ4n) is 3.25. The second-order valence-corrected chi connectivity index (χ2v) is 7.45. The normalized spacial score (nSPS) is 17.1. The number of carbonyl (C=O) groups excluding carboxylic acids is 2. The Balaban J connectivity index is 1.60. The van der Waals surface area contributed by atoms with Crippen LogP contribution in [0.15, 0.2) is 30.5 Å². The van der Waals surface area contributed by atoms with Crippen molar-refractivity contribution in [3.8, 4) is 11.4 Å². The molecule has 3 heterocycles. The molecule has 0 radical (unpaired) electrons. The van der Waals surface area contributed by atoms with Gasteiger partial charge in [0.15, 0.2) is 0 Å². The van der Waals surface area contributed by atoms with Crippen LogP contribution in [0.2, 0.25) is 0 Å². The minimum Gasteiger partial charge on any atom is -0.356 e. The molecule has 1 aliphatic rings. The van der Waals surface area contributed by atoms with Crippen molar-refractivity contribution < 1.29 is 9.59 Å². The summed E-state index contributed by atoms with van der Waals surface area (Å²) in [6.07, 6.45) is 4.30. The first kappa shape index (κ1) is 19.1. The van der Waals surface area contributed by atoms with Crippen LogP contribution >= 0.6 is 0 Å². The molecule has 1 fully saturated rings. The van der Waals surface area contributed by atoms with Crippen molar-refractivity contribution in [2.75, 3.05) is 19.6 Å². The van der Waals surface area contributed by atoms with E-state index in [0.717, 1.165) is 19.3 Å². The minimum atomic E-state index is -0.145. The maximum atomic E-state index is 12.8. The highest BCUT2D eigenvalue weighted by Crippen LogP contribution is 2.20. The summed E-state index contributed by atoms with van der Waals surface area (Å²) in [5.74, 6) is 0.341. The van der Waals surface area contributed by atoms with Gasteiger partial charge >= 0.3 is 0 Å². The van der Waals surface area contributed by atoms with Crippen LogP contribution in [0.5, 0.6) is 0 Å². The number of aromatic amines is 1. The lowest BCUT2D eigenvalue weighted by Crippen LogP contribution is -2.45. The van der Waals surface area contributed by atoms with E-state index in [0.29, 0.717) is 42.6 Å². The molecule has 0 aromatic carbocycles. The van der Waals surface area contributed by atoms with E-state index in [2.05, 4.69) is 34.3 Å². The average Bonchev–Trinajstić information content (AvgIpc) is 3.18. The zero-order chi connectivity index (χ0) is 19.2. The molecule has 0 saturated carbocycles. The van der Waals surface area contributed by atoms with Gasteiger partial charge in [0.05, 0.1) is 11.6 Å². The Bertz CT molecular complexity index is 772. The molecular weight excluding hydrogens is 342 g/mol. The molecule has 0 bridgehead atoms. The van der Waals surface area contributed by atoms with Crippen LogP contribution in [0.1, 0.15) is 43.6 Å². The molecule has 1 atom stereocenters. The first-order valence-corrected chi connectivity index (χ1v) is 9.58. The van der Waals surface area contributed by atoms with Crippen LogP contribution in [-0.4, -0.2) is 51.5 Å². The summed E-state index contributed by atoms with van der Waals surface area (Å²) in [6.45, 7) is 6.07. The summed E-state index contributed by atoms with van der Waals surface area (Å²) in [5, 5.41) is 10.0. The largest absolute Gasteiger partial charge is 0.356 e. The van der Waals surface area contributed by atoms with Crippen LogP contribution in [0, 0.1) is 11.8 Å². The molecule has 1 aliphatic heterocycles. The number of likely N-dealkylation sites (tertiary alicyclic amines) is 1. The van der Waals surface area contributed by atoms with E-state index in [1.54, 1.807) is 17.2 Å². The van der Waals surface area contributed by atoms with Gasteiger partial charge in [-0.05, 0) is 43.4 Å². The van der Waals surface area contributed by atoms with Gasteiger partial charge in [0, 0.05) is 25.8 Å². The number of hydrogen-bond acceptors (Lipinski definition) is 4. The van der Waals surface area contributed by atoms with Crippen LogP contribution in [0.3, 0.4) is 0 Å². The van der Waals surface area contributed by atoms with Gasteiger partial charge in [-0.25, -0.2) is 0 Å². The van der Waals surface area contributed by atoms with Crippen molar-refractivity contribution >= 4 is 11.8 Å². The summed E-state index contributed by atoms with van der Waals surface area (Å²) in [6, 6.07) is 7.29. The third-order valence-electron chi connectivity index (χ3n) is 4.84. The van der Waals surface area contributed by atoms with Gasteiger partial charge in [-0.15, -0.1) is 0 Å². The standard InChI is InChI=1S/C20H27N5O2/c1-14(2)8-10-22-19(26)15-6-5-11-25(13-15)20(27)18-12-17(23-24-18)16-7-3-4-9-21-16/h3-4,7,9,12,14-15H,5-6,8,10-11,13H2,1-2H3,(H,22,26)(H,23,24)/t15-/m1/s1. The smallest absolute Gasteiger partial charge is 0.271 e. The Morgan fingerprint density at radius 2 is 2.19 bits per heavy atom. The molecule has 2 aromatic heterocycles. The van der Waals surface area contributed by atoms with Gasteiger partial charge < -0.3 is 10.2 Å². The van der Waals surface area contributed by atoms with E-state index in [-0.39, 0.29) is 17.7 Å². The third kappa shape index (κ3) is 4.93. The molecule has 2 amide bonds. The molecule has 27 heavy (non-hydrogen) atoms. The van der Waals surface area contributed by atoms with Gasteiger partial charge in [0.1, 0.15) is 11.4 Å². The SMILES string of the molecule is CC(C)CCNC(=O)[C@@H]1CCCN(C(=O)c2cc(-c3ccccn3)n[nH]2)C1. The highest BCUT2D eigenvalue weighted by molar-refractivity contribution is 5.93. The number of amides is 2. The number of piperidine rings is 1. The number of nitrogens with one attached hydrogen (secondary N) is 2. The molecule has 3 rings (SSSR count). The van der Waals surface area contributed by atoms with E-state index < -0.39 is 0 Å². The highest BCUT2D eigenvalue weighted by Gasteiger charge is 2.29. The second kappa shape index (κ2) is 8.79. The van der Waals surface area contributed by atoms with Crippen molar-refractivity contribution in [2.24, 2.45) is 11.8 Å². The Morgan fingerprint density at radius 3 is 2.93 bits per heavy atom. The molecule has 2 N–H and O–H groups in total. The number of H-pyrrole nitrogens is 1. The Hall–Kier alpha value is -2.70. The molecule has 7 nitrogen and oxygen atoms in total. The van der Waals surface area contributed by atoms with Gasteiger partial charge in [0.2, 0.25) is 5.91 Å². The lowest BCUT2D eigenvalue weighted by atomic mass is 9.96. The zero-order valence-corrected chi connectivity index (χ0v) is 15.9. The van der Waals surface area contributed by atoms with Crippen molar-refractivity contribution in [1.29, 1.82) is 0 Å². The van der Waals surface area contributed by atoms with E-state index in [1.165, 1.54) is 0 Å². The van der Waals surface area contributed by atoms with Crippen LogP contribution < -0.4 is 5.32 Å². The van der Waals surface area contributed by atoms with Crippen molar-refractivity contribution in [3.05, 3.63) is 36.2 Å². The summed E-state index contributed by atoms with van der Waals surface area (Å²) in [5.41, 5.74) is 1.78. The summed E-state index contributed by atoms with van der Waals surface area (Å²) in [4.78, 5) is 31.2. The zero-order valence-electron chi connectivity index (χ0n) is 15.9. The van der Waals surface area contributed by atoms with Gasteiger partial charge in [-0.2, -0.15) is 5.10 Å². The molecule has 0 unspecified atom stereocenters. The van der Waals surface area contributed by atoms with Crippen LogP contribution in [0.4, 0.5) is 0 Å². The fourth-order valence-corrected chi connectivity index (χ4v) is 3.25. The highest BCUT2D eigenvalue weighted by atomic mass is 16.2. The van der Waals surface area contributed by atoms with E-state index in [1.807, 2.05) is 18.2 Å². The average molecular weight is 369 g/mol. The number of hydrogen-bond donors (Lipinski definition) is 2. The van der Waals surface area contributed by atoms with Gasteiger partial charge in [-0.3, -0.25) is 19.7 Å². The molecule has 144 valence electrons. The van der Waals surface area contributed by atoms with Crippen molar-refractivity contribution in [2.45, 2.75) is 33.1 Å². The van der Waals surface area contributed by atoms with Crippen molar-refractivity contribution in [3.63, 3.8) is 0 Å². The molecule has 0 aliphatic carbocycles. The quantitative estimate of drug-likeness (QED) is 0.818.